The van der Waals surface area contributed by atoms with Crippen LogP contribution in [0, 0.1) is 0 Å². The number of aromatic nitrogens is 2. The van der Waals surface area contributed by atoms with Crippen molar-refractivity contribution in [2.24, 2.45) is 0 Å². The predicted molar refractivity (Wildman–Crippen MR) is 69.4 cm³/mol. The van der Waals surface area contributed by atoms with E-state index in [1.54, 1.807) is 12.4 Å². The van der Waals surface area contributed by atoms with Crippen LogP contribution in [0.5, 0.6) is 0 Å². The molecular weight excluding hydrogens is 210 g/mol. The van der Waals surface area contributed by atoms with Gasteiger partial charge in [-0.15, -0.1) is 0 Å². The summed E-state index contributed by atoms with van der Waals surface area (Å²) in [6, 6.07) is 14.0. The van der Waals surface area contributed by atoms with Crippen LogP contribution < -0.4 is 5.73 Å². The summed E-state index contributed by atoms with van der Waals surface area (Å²) < 4.78 is 0. The van der Waals surface area contributed by atoms with Crippen molar-refractivity contribution in [3.05, 3.63) is 54.9 Å². The normalized spacial score (nSPS) is 10.6. The first-order valence-corrected chi connectivity index (χ1v) is 5.40. The number of hydrogen-bond donors (Lipinski definition) is 1. The number of rotatable bonds is 1. The van der Waals surface area contributed by atoms with Gasteiger partial charge >= 0.3 is 0 Å². The summed E-state index contributed by atoms with van der Waals surface area (Å²) in [5.74, 6) is 0.536. The van der Waals surface area contributed by atoms with Crippen LogP contribution in [0.3, 0.4) is 0 Å². The van der Waals surface area contributed by atoms with E-state index in [1.807, 2.05) is 30.3 Å². The Morgan fingerprint density at radius 1 is 0.824 bits per heavy atom. The highest BCUT2D eigenvalue weighted by Crippen LogP contribution is 2.23. The number of hydrogen-bond acceptors (Lipinski definition) is 3. The summed E-state index contributed by atoms with van der Waals surface area (Å²) in [7, 11) is 0. The van der Waals surface area contributed by atoms with E-state index in [0.717, 1.165) is 22.0 Å². The van der Waals surface area contributed by atoms with Gasteiger partial charge in [-0.05, 0) is 41.5 Å². The zero-order valence-electron chi connectivity index (χ0n) is 9.17. The Bertz CT molecular complexity index is 677. The Morgan fingerprint density at radius 2 is 1.71 bits per heavy atom. The van der Waals surface area contributed by atoms with Gasteiger partial charge < -0.3 is 5.73 Å². The number of anilines is 1. The van der Waals surface area contributed by atoms with Gasteiger partial charge in [0.15, 0.2) is 0 Å². The minimum Gasteiger partial charge on any atom is -0.384 e. The molecule has 0 saturated heterocycles. The van der Waals surface area contributed by atoms with Crippen molar-refractivity contribution in [1.82, 2.24) is 9.97 Å². The molecule has 0 spiro atoms. The van der Waals surface area contributed by atoms with Gasteiger partial charge in [-0.3, -0.25) is 4.98 Å². The van der Waals surface area contributed by atoms with Crippen LogP contribution in [0.25, 0.3) is 22.0 Å². The number of nitrogens with two attached hydrogens (primary N) is 1. The number of nitrogen functional groups attached to an aromatic ring is 1. The molecule has 17 heavy (non-hydrogen) atoms. The fraction of sp³-hybridized carbons (Fsp3) is 0. The van der Waals surface area contributed by atoms with Gasteiger partial charge in [0, 0.05) is 17.8 Å². The van der Waals surface area contributed by atoms with Crippen LogP contribution in [-0.2, 0) is 0 Å². The van der Waals surface area contributed by atoms with Crippen molar-refractivity contribution in [2.45, 2.75) is 0 Å². The first-order chi connectivity index (χ1) is 8.33. The summed E-state index contributed by atoms with van der Waals surface area (Å²) in [6.07, 6.45) is 3.52. The van der Waals surface area contributed by atoms with E-state index < -0.39 is 0 Å². The zero-order chi connectivity index (χ0) is 11.7. The Labute approximate surface area is 98.9 Å². The molecule has 0 fully saturated rings. The van der Waals surface area contributed by atoms with Crippen molar-refractivity contribution in [1.29, 1.82) is 0 Å². The fourth-order valence-electron chi connectivity index (χ4n) is 1.88. The molecule has 0 aliphatic rings. The number of pyridine rings is 2. The van der Waals surface area contributed by atoms with Crippen molar-refractivity contribution >= 4 is 16.7 Å². The van der Waals surface area contributed by atoms with Gasteiger partial charge in [0.05, 0.1) is 5.52 Å². The molecule has 0 saturated carbocycles. The van der Waals surface area contributed by atoms with Gasteiger partial charge in [-0.2, -0.15) is 0 Å². The van der Waals surface area contributed by atoms with Crippen LogP contribution in [0.1, 0.15) is 0 Å². The Hall–Kier alpha value is -2.42. The predicted octanol–water partition coefficient (Wildman–Crippen LogP) is 2.88. The molecule has 0 unspecified atom stereocenters. The zero-order valence-corrected chi connectivity index (χ0v) is 9.17. The second-order valence-electron chi connectivity index (χ2n) is 3.88. The SMILES string of the molecule is Nc1cc(-c2ccc3ncccc3c2)ccn1. The lowest BCUT2D eigenvalue weighted by Gasteiger charge is -2.04. The molecule has 2 N–H and O–H groups in total. The van der Waals surface area contributed by atoms with Crippen LogP contribution in [0.2, 0.25) is 0 Å². The van der Waals surface area contributed by atoms with Gasteiger partial charge in [0.1, 0.15) is 5.82 Å². The molecule has 1 aromatic carbocycles. The summed E-state index contributed by atoms with van der Waals surface area (Å²) in [5.41, 5.74) is 8.88. The lowest BCUT2D eigenvalue weighted by Crippen LogP contribution is -1.89. The van der Waals surface area contributed by atoms with Crippen LogP contribution in [0.15, 0.2) is 54.9 Å². The first kappa shape index (κ1) is 9.78. The maximum atomic E-state index is 5.69. The van der Waals surface area contributed by atoms with Crippen LogP contribution in [0.4, 0.5) is 5.82 Å². The maximum absolute atomic E-state index is 5.69. The molecule has 3 nitrogen and oxygen atoms in total. The lowest BCUT2D eigenvalue weighted by molar-refractivity contribution is 1.34. The third-order valence-corrected chi connectivity index (χ3v) is 2.72. The molecule has 3 rings (SSSR count). The third-order valence-electron chi connectivity index (χ3n) is 2.72. The maximum Gasteiger partial charge on any atom is 0.123 e. The average molecular weight is 221 g/mol. The quantitative estimate of drug-likeness (QED) is 0.687. The standard InChI is InChI=1S/C14H11N3/c15-14-9-11(5-7-17-14)10-3-4-13-12(8-10)2-1-6-16-13/h1-9H,(H2,15,17). The van der Waals surface area contributed by atoms with Crippen molar-refractivity contribution in [2.75, 3.05) is 5.73 Å². The van der Waals surface area contributed by atoms with Gasteiger partial charge in [-0.1, -0.05) is 12.1 Å². The molecule has 0 amide bonds. The fourth-order valence-corrected chi connectivity index (χ4v) is 1.88. The van der Waals surface area contributed by atoms with Gasteiger partial charge in [0.2, 0.25) is 0 Å². The molecule has 2 aromatic heterocycles. The molecule has 0 radical (unpaired) electrons. The van der Waals surface area contributed by atoms with E-state index in [9.17, 15) is 0 Å². The molecular formula is C14H11N3. The van der Waals surface area contributed by atoms with E-state index >= 15 is 0 Å². The second kappa shape index (κ2) is 3.87. The number of fused-ring (bicyclic) bond motifs is 1. The molecule has 0 bridgehead atoms. The third kappa shape index (κ3) is 1.83. The van der Waals surface area contributed by atoms with Gasteiger partial charge in [-0.25, -0.2) is 4.98 Å². The summed E-state index contributed by atoms with van der Waals surface area (Å²) in [6.45, 7) is 0. The monoisotopic (exact) mass is 221 g/mol. The van der Waals surface area contributed by atoms with Crippen LogP contribution >= 0.6 is 0 Å². The minimum absolute atomic E-state index is 0.536. The Balaban J connectivity index is 2.18. The van der Waals surface area contributed by atoms with E-state index in [4.69, 9.17) is 5.73 Å². The highest BCUT2D eigenvalue weighted by Gasteiger charge is 2.00. The highest BCUT2D eigenvalue weighted by molar-refractivity contribution is 5.84. The van der Waals surface area contributed by atoms with E-state index in [2.05, 4.69) is 22.1 Å². The average Bonchev–Trinajstić information content (AvgIpc) is 2.38. The summed E-state index contributed by atoms with van der Waals surface area (Å²) in [4.78, 5) is 8.29. The highest BCUT2D eigenvalue weighted by atomic mass is 14.8. The first-order valence-electron chi connectivity index (χ1n) is 5.40. The molecule has 0 atom stereocenters. The van der Waals surface area contributed by atoms with E-state index in [-0.39, 0.29) is 0 Å². The Kier molecular flexibility index (Phi) is 2.22. The van der Waals surface area contributed by atoms with Crippen LogP contribution in [-0.4, -0.2) is 9.97 Å². The topological polar surface area (TPSA) is 51.8 Å². The van der Waals surface area contributed by atoms with Crippen molar-refractivity contribution in [3.63, 3.8) is 0 Å². The molecule has 2 heterocycles. The molecule has 3 heteroatoms. The minimum atomic E-state index is 0.536. The van der Waals surface area contributed by atoms with Crippen molar-refractivity contribution < 1.29 is 0 Å². The van der Waals surface area contributed by atoms with Gasteiger partial charge in [0.25, 0.3) is 0 Å². The summed E-state index contributed by atoms with van der Waals surface area (Å²) in [5, 5.41) is 1.13. The molecule has 0 aliphatic heterocycles. The van der Waals surface area contributed by atoms with E-state index in [1.165, 1.54) is 0 Å². The summed E-state index contributed by atoms with van der Waals surface area (Å²) >= 11 is 0. The smallest absolute Gasteiger partial charge is 0.123 e. The number of nitrogens with zero attached hydrogens (tertiary/aromatic N) is 2. The van der Waals surface area contributed by atoms with Crippen molar-refractivity contribution in [3.8, 4) is 11.1 Å². The largest absolute Gasteiger partial charge is 0.384 e. The number of benzene rings is 1. The molecule has 82 valence electrons. The molecule has 3 aromatic rings. The second-order valence-corrected chi connectivity index (χ2v) is 3.88. The van der Waals surface area contributed by atoms with E-state index in [0.29, 0.717) is 5.82 Å². The Morgan fingerprint density at radius 3 is 2.59 bits per heavy atom. The molecule has 0 aliphatic carbocycles. The lowest BCUT2D eigenvalue weighted by atomic mass is 10.0.